The van der Waals surface area contributed by atoms with Crippen LogP contribution in [-0.2, 0) is 19.1 Å². The van der Waals surface area contributed by atoms with Gasteiger partial charge in [0.2, 0.25) is 11.7 Å². The number of ether oxygens (including phenoxy) is 2. The molecule has 1 aliphatic heterocycles. The second kappa shape index (κ2) is 9.45. The van der Waals surface area contributed by atoms with Crippen molar-refractivity contribution in [1.82, 2.24) is 5.32 Å². The highest BCUT2D eigenvalue weighted by Crippen LogP contribution is 2.25. The summed E-state index contributed by atoms with van der Waals surface area (Å²) in [6.45, 7) is 0.270. The van der Waals surface area contributed by atoms with Gasteiger partial charge < -0.3 is 30.1 Å². The first kappa shape index (κ1) is 20.2. The third kappa shape index (κ3) is 5.63. The Bertz CT molecular complexity index is 625. The second-order valence-corrected chi connectivity index (χ2v) is 5.05. The lowest BCUT2D eigenvalue weighted by atomic mass is 9.93. The molecule has 0 bridgehead atoms. The summed E-state index contributed by atoms with van der Waals surface area (Å²) in [6, 6.07) is 0.615. The third-order valence-corrected chi connectivity index (χ3v) is 3.27. The van der Waals surface area contributed by atoms with E-state index >= 15 is 0 Å². The molecule has 25 heavy (non-hydrogen) atoms. The normalized spacial score (nSPS) is 24.6. The number of carboxylic acids is 1. The van der Waals surface area contributed by atoms with E-state index in [9.17, 15) is 19.8 Å². The number of aliphatic hydroxyl groups excluding tert-OH is 2. The molecular weight excluding hydrogens is 338 g/mol. The summed E-state index contributed by atoms with van der Waals surface area (Å²) in [5.74, 6) is -2.58. The molecule has 136 valence electrons. The largest absolute Gasteiger partial charge is 0.478 e. The molecule has 0 saturated carbocycles. The van der Waals surface area contributed by atoms with E-state index in [1.165, 1.54) is 6.92 Å². The van der Waals surface area contributed by atoms with Gasteiger partial charge in [-0.2, -0.15) is 5.26 Å². The lowest BCUT2D eigenvalue weighted by molar-refractivity contribution is -0.149. The van der Waals surface area contributed by atoms with Gasteiger partial charge in [-0.25, -0.2) is 4.79 Å². The van der Waals surface area contributed by atoms with Gasteiger partial charge >= 0.3 is 5.97 Å². The Labute approximate surface area is 141 Å². The summed E-state index contributed by atoms with van der Waals surface area (Å²) < 4.78 is 10.4. The maximum Gasteiger partial charge on any atom is 0.370 e. The van der Waals surface area contributed by atoms with Gasteiger partial charge in [-0.15, -0.1) is 0 Å². The van der Waals surface area contributed by atoms with Crippen LogP contribution in [0.5, 0.6) is 0 Å². The number of carboxylic acid groups (broad SMARTS) is 1. The van der Waals surface area contributed by atoms with Crippen LogP contribution in [0.1, 0.15) is 6.92 Å². The first-order valence-corrected chi connectivity index (χ1v) is 7.06. The SMILES string of the molecule is CC(=O)N[C@H]1[C@H]([C@H](O)[C@H](O)CN=[N+]=[N-])OC(C(=O)O)=C[C@@H]1OCC#N. The molecule has 0 spiro atoms. The molecular formula is C13H17N5O7. The average Bonchev–Trinajstić information content (AvgIpc) is 2.57. The average molecular weight is 355 g/mol. The van der Waals surface area contributed by atoms with Gasteiger partial charge in [0.05, 0.1) is 24.8 Å². The molecule has 0 saturated heterocycles. The number of carbonyl (C=O) groups excluding carboxylic acids is 1. The maximum absolute atomic E-state index is 11.4. The van der Waals surface area contributed by atoms with Crippen molar-refractivity contribution in [3.63, 3.8) is 0 Å². The summed E-state index contributed by atoms with van der Waals surface area (Å²) in [5.41, 5.74) is 8.27. The van der Waals surface area contributed by atoms with E-state index in [0.29, 0.717) is 0 Å². The van der Waals surface area contributed by atoms with E-state index in [1.807, 2.05) is 0 Å². The predicted molar refractivity (Wildman–Crippen MR) is 79.6 cm³/mol. The van der Waals surface area contributed by atoms with Gasteiger partial charge in [-0.1, -0.05) is 5.11 Å². The van der Waals surface area contributed by atoms with Crippen molar-refractivity contribution >= 4 is 11.9 Å². The van der Waals surface area contributed by atoms with Crippen molar-refractivity contribution in [2.45, 2.75) is 37.4 Å². The Morgan fingerprint density at radius 3 is 2.80 bits per heavy atom. The molecule has 0 unspecified atom stereocenters. The van der Waals surface area contributed by atoms with Crippen molar-refractivity contribution < 1.29 is 34.4 Å². The molecule has 0 fully saturated rings. The van der Waals surface area contributed by atoms with Crippen LogP contribution < -0.4 is 5.32 Å². The van der Waals surface area contributed by atoms with Crippen LogP contribution in [0.3, 0.4) is 0 Å². The second-order valence-electron chi connectivity index (χ2n) is 5.05. The summed E-state index contributed by atoms with van der Waals surface area (Å²) in [7, 11) is 0. The van der Waals surface area contributed by atoms with Gasteiger partial charge in [0, 0.05) is 11.8 Å². The fourth-order valence-electron chi connectivity index (χ4n) is 2.23. The zero-order valence-corrected chi connectivity index (χ0v) is 13.1. The quantitative estimate of drug-likeness (QED) is 0.236. The Kier molecular flexibility index (Phi) is 7.64. The molecule has 1 heterocycles. The molecule has 12 nitrogen and oxygen atoms in total. The number of aliphatic hydroxyl groups is 2. The van der Waals surface area contributed by atoms with Gasteiger partial charge in [0.25, 0.3) is 0 Å². The molecule has 1 amide bonds. The van der Waals surface area contributed by atoms with Gasteiger partial charge in [0.15, 0.2) is 6.10 Å². The van der Waals surface area contributed by atoms with Crippen LogP contribution in [0.2, 0.25) is 0 Å². The van der Waals surface area contributed by atoms with Gasteiger partial charge in [0.1, 0.15) is 18.8 Å². The van der Waals surface area contributed by atoms with E-state index in [1.54, 1.807) is 6.07 Å². The third-order valence-electron chi connectivity index (χ3n) is 3.27. The monoisotopic (exact) mass is 355 g/mol. The number of nitriles is 1. The number of carbonyl (C=O) groups is 2. The number of rotatable bonds is 8. The maximum atomic E-state index is 11.4. The van der Waals surface area contributed by atoms with Crippen LogP contribution in [0.25, 0.3) is 10.4 Å². The molecule has 12 heteroatoms. The molecule has 0 aromatic heterocycles. The standard InChI is InChI=1S/C13H17N5O7/c1-6(19)17-10-8(24-3-2-14)4-9(13(22)23)25-12(10)11(21)7(20)5-16-18-15/h4,7-8,10-12,20-21H,3,5H2,1H3,(H,17,19)(H,22,23)/t7-,8+,10-,11-,12-/m1/s1. The smallest absolute Gasteiger partial charge is 0.370 e. The number of amides is 1. The predicted octanol–water partition coefficient (Wildman–Crippen LogP) is -1.20. The Morgan fingerprint density at radius 2 is 2.28 bits per heavy atom. The number of hydrogen-bond acceptors (Lipinski definition) is 8. The number of nitrogens with one attached hydrogen (secondary N) is 1. The van der Waals surface area contributed by atoms with Crippen LogP contribution in [-0.4, -0.2) is 70.8 Å². The molecule has 0 aromatic rings. The molecule has 1 aliphatic rings. The van der Waals surface area contributed by atoms with Crippen LogP contribution in [0.15, 0.2) is 16.9 Å². The van der Waals surface area contributed by atoms with E-state index in [0.717, 1.165) is 6.08 Å². The number of nitrogens with zero attached hydrogens (tertiary/aromatic N) is 4. The fraction of sp³-hybridized carbons (Fsp3) is 0.615. The summed E-state index contributed by atoms with van der Waals surface area (Å²) in [5, 5.41) is 43.4. The molecule has 5 atom stereocenters. The van der Waals surface area contributed by atoms with E-state index in [-0.39, 0.29) is 0 Å². The van der Waals surface area contributed by atoms with Crippen LogP contribution in [0, 0.1) is 11.3 Å². The minimum absolute atomic E-state index is 0.408. The Balaban J connectivity index is 3.17. The van der Waals surface area contributed by atoms with Crippen molar-refractivity contribution in [2.75, 3.05) is 13.2 Å². The van der Waals surface area contributed by atoms with Crippen molar-refractivity contribution in [3.8, 4) is 6.07 Å². The topological polar surface area (TPSA) is 198 Å². The van der Waals surface area contributed by atoms with Gasteiger partial charge in [-0.3, -0.25) is 4.79 Å². The van der Waals surface area contributed by atoms with Gasteiger partial charge in [-0.05, 0) is 11.6 Å². The lowest BCUT2D eigenvalue weighted by Gasteiger charge is -2.39. The molecule has 0 aliphatic carbocycles. The summed E-state index contributed by atoms with van der Waals surface area (Å²) in [6.07, 6.45) is -4.77. The minimum atomic E-state index is -1.71. The van der Waals surface area contributed by atoms with E-state index < -0.39 is 61.2 Å². The first-order chi connectivity index (χ1) is 11.8. The summed E-state index contributed by atoms with van der Waals surface area (Å²) in [4.78, 5) is 25.1. The van der Waals surface area contributed by atoms with Crippen molar-refractivity contribution in [1.29, 1.82) is 5.26 Å². The highest BCUT2D eigenvalue weighted by molar-refractivity contribution is 5.84. The molecule has 1 rings (SSSR count). The number of hydrogen-bond donors (Lipinski definition) is 4. The molecule has 4 N–H and O–H groups in total. The fourth-order valence-corrected chi connectivity index (χ4v) is 2.23. The summed E-state index contributed by atoms with van der Waals surface area (Å²) >= 11 is 0. The van der Waals surface area contributed by atoms with Crippen LogP contribution in [0.4, 0.5) is 0 Å². The molecule has 0 aromatic carbocycles. The number of azide groups is 1. The Hall–Kier alpha value is -2.84. The van der Waals surface area contributed by atoms with Crippen molar-refractivity contribution in [3.05, 3.63) is 22.3 Å². The minimum Gasteiger partial charge on any atom is -0.478 e. The zero-order chi connectivity index (χ0) is 19.0. The Morgan fingerprint density at radius 1 is 1.60 bits per heavy atom. The van der Waals surface area contributed by atoms with Crippen LogP contribution >= 0.6 is 0 Å². The highest BCUT2D eigenvalue weighted by Gasteiger charge is 2.44. The highest BCUT2D eigenvalue weighted by atomic mass is 16.5. The first-order valence-electron chi connectivity index (χ1n) is 7.06. The lowest BCUT2D eigenvalue weighted by Crippen LogP contribution is -2.60. The zero-order valence-electron chi connectivity index (χ0n) is 13.1. The van der Waals surface area contributed by atoms with E-state index in [4.69, 9.17) is 25.4 Å². The van der Waals surface area contributed by atoms with E-state index in [2.05, 4.69) is 15.3 Å². The number of aliphatic carboxylic acids is 1. The van der Waals surface area contributed by atoms with Crippen molar-refractivity contribution in [2.24, 2.45) is 5.11 Å². The molecule has 0 radical (unpaired) electrons.